The van der Waals surface area contributed by atoms with E-state index in [1.54, 1.807) is 0 Å². The number of halogens is 1. The number of aliphatic carboxylic acids is 1. The molecule has 1 fully saturated rings. The molecule has 1 rings (SSSR count). The van der Waals surface area contributed by atoms with Crippen LogP contribution >= 0.6 is 11.6 Å². The molecular formula is C10H18ClNO2. The zero-order valence-electron chi connectivity index (χ0n) is 8.58. The first-order valence-electron chi connectivity index (χ1n) is 5.22. The van der Waals surface area contributed by atoms with Crippen LogP contribution in [-0.2, 0) is 4.79 Å². The zero-order valence-corrected chi connectivity index (χ0v) is 9.33. The van der Waals surface area contributed by atoms with Gasteiger partial charge >= 0.3 is 5.97 Å². The lowest BCUT2D eigenvalue weighted by atomic mass is 9.97. The first kappa shape index (κ1) is 11.8. The number of hydrogen-bond donors (Lipinski definition) is 1. The number of likely N-dealkylation sites (tertiary alicyclic amines) is 1. The van der Waals surface area contributed by atoms with E-state index in [-0.39, 0.29) is 11.3 Å². The van der Waals surface area contributed by atoms with E-state index in [0.29, 0.717) is 0 Å². The Bertz CT molecular complexity index is 191. The van der Waals surface area contributed by atoms with Crippen molar-refractivity contribution in [2.45, 2.75) is 31.6 Å². The van der Waals surface area contributed by atoms with Gasteiger partial charge in [-0.25, -0.2) is 0 Å². The third kappa shape index (κ3) is 3.46. The number of rotatable bonds is 4. The molecule has 0 aliphatic carbocycles. The molecule has 1 aliphatic heterocycles. The first-order chi connectivity index (χ1) is 6.63. The van der Waals surface area contributed by atoms with Crippen molar-refractivity contribution >= 4 is 17.6 Å². The molecule has 4 heteroatoms. The normalized spacial score (nSPS) is 22.1. The monoisotopic (exact) mass is 219 g/mol. The Morgan fingerprint density at radius 2 is 2.14 bits per heavy atom. The average molecular weight is 220 g/mol. The van der Waals surface area contributed by atoms with Gasteiger partial charge in [0.05, 0.1) is 5.92 Å². The van der Waals surface area contributed by atoms with Crippen LogP contribution in [0.15, 0.2) is 0 Å². The highest BCUT2D eigenvalue weighted by Gasteiger charge is 2.24. The molecule has 0 radical (unpaired) electrons. The summed E-state index contributed by atoms with van der Waals surface area (Å²) in [6, 6.07) is 0. The van der Waals surface area contributed by atoms with Gasteiger partial charge in [0, 0.05) is 11.9 Å². The molecule has 1 saturated heterocycles. The van der Waals surface area contributed by atoms with Gasteiger partial charge in [0.1, 0.15) is 0 Å². The van der Waals surface area contributed by atoms with E-state index in [9.17, 15) is 4.79 Å². The summed E-state index contributed by atoms with van der Waals surface area (Å²) >= 11 is 6.04. The molecule has 0 aromatic rings. The predicted molar refractivity (Wildman–Crippen MR) is 56.7 cm³/mol. The second-order valence-corrected chi connectivity index (χ2v) is 4.54. The van der Waals surface area contributed by atoms with Crippen LogP contribution in [-0.4, -0.2) is 41.0 Å². The van der Waals surface area contributed by atoms with Crippen molar-refractivity contribution < 1.29 is 9.90 Å². The fraction of sp³-hybridized carbons (Fsp3) is 0.900. The summed E-state index contributed by atoms with van der Waals surface area (Å²) in [5.74, 6) is -0.788. The largest absolute Gasteiger partial charge is 0.481 e. The number of alkyl halides is 1. The molecule has 1 aliphatic rings. The SMILES string of the molecule is CCC(Cl)CN1CCC(C(=O)O)CC1. The van der Waals surface area contributed by atoms with E-state index in [0.717, 1.165) is 38.9 Å². The molecule has 0 saturated carbocycles. The quantitative estimate of drug-likeness (QED) is 0.734. The Balaban J connectivity index is 2.25. The number of carbonyl (C=O) groups is 1. The van der Waals surface area contributed by atoms with Gasteiger partial charge in [-0.2, -0.15) is 0 Å². The second kappa shape index (κ2) is 5.56. The maximum absolute atomic E-state index is 10.7. The molecule has 0 amide bonds. The molecule has 0 bridgehead atoms. The number of hydrogen-bond acceptors (Lipinski definition) is 2. The maximum Gasteiger partial charge on any atom is 0.306 e. The molecular weight excluding hydrogens is 202 g/mol. The number of nitrogens with zero attached hydrogens (tertiary/aromatic N) is 1. The summed E-state index contributed by atoms with van der Waals surface area (Å²) in [7, 11) is 0. The summed E-state index contributed by atoms with van der Waals surface area (Å²) in [5.41, 5.74) is 0. The minimum absolute atomic E-state index is 0.137. The highest BCUT2D eigenvalue weighted by molar-refractivity contribution is 6.20. The third-order valence-corrected chi connectivity index (χ3v) is 3.28. The van der Waals surface area contributed by atoms with Gasteiger partial charge in [0.25, 0.3) is 0 Å². The van der Waals surface area contributed by atoms with Gasteiger partial charge in [0.15, 0.2) is 0 Å². The van der Waals surface area contributed by atoms with E-state index < -0.39 is 5.97 Å². The van der Waals surface area contributed by atoms with Crippen molar-refractivity contribution in [1.82, 2.24) is 4.90 Å². The van der Waals surface area contributed by atoms with Gasteiger partial charge in [-0.1, -0.05) is 6.92 Å². The Morgan fingerprint density at radius 3 is 2.57 bits per heavy atom. The fourth-order valence-corrected chi connectivity index (χ4v) is 1.97. The van der Waals surface area contributed by atoms with E-state index in [2.05, 4.69) is 11.8 Å². The number of carboxylic acid groups (broad SMARTS) is 1. The smallest absolute Gasteiger partial charge is 0.306 e. The lowest BCUT2D eigenvalue weighted by Gasteiger charge is -2.31. The van der Waals surface area contributed by atoms with Crippen molar-refractivity contribution in [1.29, 1.82) is 0 Å². The Labute approximate surface area is 90.0 Å². The molecule has 82 valence electrons. The van der Waals surface area contributed by atoms with Crippen LogP contribution < -0.4 is 0 Å². The predicted octanol–water partition coefficient (Wildman–Crippen LogP) is 1.80. The van der Waals surface area contributed by atoms with Gasteiger partial charge < -0.3 is 10.0 Å². The third-order valence-electron chi connectivity index (χ3n) is 2.84. The molecule has 14 heavy (non-hydrogen) atoms. The maximum atomic E-state index is 10.7. The number of piperidine rings is 1. The van der Waals surface area contributed by atoms with Crippen molar-refractivity contribution in [2.75, 3.05) is 19.6 Å². The molecule has 3 nitrogen and oxygen atoms in total. The van der Waals surface area contributed by atoms with Gasteiger partial charge in [-0.3, -0.25) is 4.79 Å². The summed E-state index contributed by atoms with van der Waals surface area (Å²) in [4.78, 5) is 13.0. The lowest BCUT2D eigenvalue weighted by molar-refractivity contribution is -0.143. The molecule has 1 heterocycles. The Hall–Kier alpha value is -0.280. The molecule has 1 unspecified atom stereocenters. The fourth-order valence-electron chi connectivity index (χ4n) is 1.77. The van der Waals surface area contributed by atoms with E-state index in [1.165, 1.54) is 0 Å². The minimum Gasteiger partial charge on any atom is -0.481 e. The van der Waals surface area contributed by atoms with E-state index in [1.807, 2.05) is 0 Å². The minimum atomic E-state index is -0.650. The second-order valence-electron chi connectivity index (χ2n) is 3.92. The topological polar surface area (TPSA) is 40.5 Å². The average Bonchev–Trinajstić information content (AvgIpc) is 2.18. The Kier molecular flexibility index (Phi) is 4.69. The van der Waals surface area contributed by atoms with Crippen LogP contribution in [0.4, 0.5) is 0 Å². The zero-order chi connectivity index (χ0) is 10.6. The summed E-state index contributed by atoms with van der Waals surface area (Å²) in [6.45, 7) is 4.71. The molecule has 0 aromatic heterocycles. The van der Waals surface area contributed by atoms with Gasteiger partial charge in [-0.15, -0.1) is 11.6 Å². The van der Waals surface area contributed by atoms with Crippen LogP contribution in [0.25, 0.3) is 0 Å². The lowest BCUT2D eigenvalue weighted by Crippen LogP contribution is -2.39. The van der Waals surface area contributed by atoms with Gasteiger partial charge in [-0.05, 0) is 32.4 Å². The van der Waals surface area contributed by atoms with E-state index >= 15 is 0 Å². The van der Waals surface area contributed by atoms with Crippen LogP contribution in [0.1, 0.15) is 26.2 Å². The molecule has 1 atom stereocenters. The van der Waals surface area contributed by atoms with Crippen molar-refractivity contribution in [3.05, 3.63) is 0 Å². The molecule has 1 N–H and O–H groups in total. The Morgan fingerprint density at radius 1 is 1.57 bits per heavy atom. The van der Waals surface area contributed by atoms with Crippen LogP contribution in [0.2, 0.25) is 0 Å². The summed E-state index contributed by atoms with van der Waals surface area (Å²) in [6.07, 6.45) is 2.51. The summed E-state index contributed by atoms with van der Waals surface area (Å²) < 4.78 is 0. The van der Waals surface area contributed by atoms with Crippen LogP contribution in [0.5, 0.6) is 0 Å². The van der Waals surface area contributed by atoms with Crippen molar-refractivity contribution in [3.63, 3.8) is 0 Å². The van der Waals surface area contributed by atoms with Crippen LogP contribution in [0.3, 0.4) is 0 Å². The number of carboxylic acids is 1. The standard InChI is InChI=1S/C10H18ClNO2/c1-2-9(11)7-12-5-3-8(4-6-12)10(13)14/h8-9H,2-7H2,1H3,(H,13,14). The summed E-state index contributed by atoms with van der Waals surface area (Å²) in [5, 5.41) is 9.01. The highest BCUT2D eigenvalue weighted by atomic mass is 35.5. The molecule has 0 aromatic carbocycles. The highest BCUT2D eigenvalue weighted by Crippen LogP contribution is 2.18. The van der Waals surface area contributed by atoms with Crippen molar-refractivity contribution in [2.24, 2.45) is 5.92 Å². The van der Waals surface area contributed by atoms with Gasteiger partial charge in [0.2, 0.25) is 0 Å². The molecule has 0 spiro atoms. The van der Waals surface area contributed by atoms with Crippen LogP contribution in [0, 0.1) is 5.92 Å². The van der Waals surface area contributed by atoms with E-state index in [4.69, 9.17) is 16.7 Å². The van der Waals surface area contributed by atoms with Crippen molar-refractivity contribution in [3.8, 4) is 0 Å². The first-order valence-corrected chi connectivity index (χ1v) is 5.66.